The maximum Gasteiger partial charge on any atom is 0.181 e. The van der Waals surface area contributed by atoms with E-state index in [-0.39, 0.29) is 16.3 Å². The number of nitrogens with two attached hydrogens (primary N) is 1. The second-order valence-electron chi connectivity index (χ2n) is 4.78. The third-order valence-corrected chi connectivity index (χ3v) is 7.11. The van der Waals surface area contributed by atoms with E-state index in [0.717, 1.165) is 5.56 Å². The fourth-order valence-electron chi connectivity index (χ4n) is 1.52. The number of anilines is 1. The molecule has 0 aliphatic rings. The van der Waals surface area contributed by atoms with Gasteiger partial charge in [-0.25, -0.2) is 16.8 Å². The lowest BCUT2D eigenvalue weighted by Gasteiger charge is -2.10. The fraction of sp³-hybridized carbons (Fsp3) is 0.500. The van der Waals surface area contributed by atoms with Gasteiger partial charge in [0.2, 0.25) is 0 Å². The second kappa shape index (κ2) is 5.50. The molecule has 0 bridgehead atoms. The van der Waals surface area contributed by atoms with Gasteiger partial charge in [0.1, 0.15) is 0 Å². The summed E-state index contributed by atoms with van der Waals surface area (Å²) in [6, 6.07) is 4.62. The average Bonchev–Trinajstić information content (AvgIpc) is 2.26. The zero-order valence-corrected chi connectivity index (χ0v) is 12.9. The van der Waals surface area contributed by atoms with Crippen LogP contribution in [0.5, 0.6) is 0 Å². The lowest BCUT2D eigenvalue weighted by atomic mass is 10.2. The Labute approximate surface area is 114 Å². The Balaban J connectivity index is 3.00. The molecule has 0 saturated heterocycles. The molecule has 0 amide bonds. The number of benzene rings is 1. The van der Waals surface area contributed by atoms with E-state index in [1.807, 2.05) is 0 Å². The van der Waals surface area contributed by atoms with E-state index in [1.54, 1.807) is 19.1 Å². The van der Waals surface area contributed by atoms with Gasteiger partial charge in [-0.15, -0.1) is 0 Å². The molecular formula is C12H19NO4S2. The van der Waals surface area contributed by atoms with Crippen molar-refractivity contribution in [3.8, 4) is 0 Å². The predicted molar refractivity (Wildman–Crippen MR) is 76.6 cm³/mol. The zero-order chi connectivity index (χ0) is 14.8. The van der Waals surface area contributed by atoms with Crippen molar-refractivity contribution in [3.05, 3.63) is 23.8 Å². The first kappa shape index (κ1) is 16.0. The molecule has 0 saturated carbocycles. The molecule has 0 heterocycles. The molecule has 0 spiro atoms. The lowest BCUT2D eigenvalue weighted by Crippen LogP contribution is -2.24. The first-order valence-corrected chi connectivity index (χ1v) is 9.23. The van der Waals surface area contributed by atoms with Crippen LogP contribution in [0.1, 0.15) is 19.4 Å². The highest BCUT2D eigenvalue weighted by molar-refractivity contribution is 7.95. The van der Waals surface area contributed by atoms with Gasteiger partial charge in [-0.2, -0.15) is 0 Å². The first-order chi connectivity index (χ1) is 8.56. The minimum atomic E-state index is -3.68. The first-order valence-electron chi connectivity index (χ1n) is 5.87. The molecule has 0 atom stereocenters. The lowest BCUT2D eigenvalue weighted by molar-refractivity contribution is 0.582. The molecule has 1 aromatic carbocycles. The van der Waals surface area contributed by atoms with Crippen molar-refractivity contribution in [1.29, 1.82) is 0 Å². The van der Waals surface area contributed by atoms with E-state index in [2.05, 4.69) is 0 Å². The Bertz CT molecular complexity index is 661. The summed E-state index contributed by atoms with van der Waals surface area (Å²) >= 11 is 0. The van der Waals surface area contributed by atoms with Gasteiger partial charge in [0.15, 0.2) is 19.7 Å². The summed E-state index contributed by atoms with van der Waals surface area (Å²) in [5.41, 5.74) is 6.69. The number of rotatable bonds is 5. The summed E-state index contributed by atoms with van der Waals surface area (Å²) in [4.78, 5) is -0.00273. The van der Waals surface area contributed by atoms with Gasteiger partial charge in [-0.3, -0.25) is 0 Å². The molecule has 0 aliphatic carbocycles. The predicted octanol–water partition coefficient (Wildman–Crippen LogP) is 1.17. The van der Waals surface area contributed by atoms with Crippen LogP contribution >= 0.6 is 0 Å². The number of nitrogen functional groups attached to an aromatic ring is 1. The van der Waals surface area contributed by atoms with Crippen molar-refractivity contribution in [2.45, 2.75) is 30.9 Å². The van der Waals surface area contributed by atoms with E-state index in [1.165, 1.54) is 19.9 Å². The van der Waals surface area contributed by atoms with Gasteiger partial charge in [0, 0.05) is 0 Å². The van der Waals surface area contributed by atoms with Crippen LogP contribution in [0.15, 0.2) is 23.1 Å². The molecule has 5 nitrogen and oxygen atoms in total. The van der Waals surface area contributed by atoms with Crippen molar-refractivity contribution in [2.24, 2.45) is 0 Å². The van der Waals surface area contributed by atoms with Gasteiger partial charge in [-0.1, -0.05) is 6.07 Å². The van der Waals surface area contributed by atoms with Crippen LogP contribution in [0.3, 0.4) is 0 Å². The topological polar surface area (TPSA) is 94.3 Å². The number of hydrogen-bond acceptors (Lipinski definition) is 5. The molecule has 0 aliphatic heterocycles. The summed E-state index contributed by atoms with van der Waals surface area (Å²) < 4.78 is 47.5. The Kier molecular flexibility index (Phi) is 4.63. The van der Waals surface area contributed by atoms with Crippen LogP contribution in [0, 0.1) is 6.92 Å². The monoisotopic (exact) mass is 305 g/mol. The summed E-state index contributed by atoms with van der Waals surface area (Å²) in [6.07, 6.45) is 0. The number of sulfone groups is 2. The van der Waals surface area contributed by atoms with Crippen LogP contribution in [0.25, 0.3) is 0 Å². The van der Waals surface area contributed by atoms with Crippen LogP contribution in [-0.4, -0.2) is 33.6 Å². The normalized spacial score (nSPS) is 12.8. The van der Waals surface area contributed by atoms with E-state index in [0.29, 0.717) is 0 Å². The molecule has 108 valence electrons. The van der Waals surface area contributed by atoms with Crippen molar-refractivity contribution >= 4 is 25.4 Å². The van der Waals surface area contributed by atoms with Gasteiger partial charge in [0.25, 0.3) is 0 Å². The third kappa shape index (κ3) is 3.94. The summed E-state index contributed by atoms with van der Waals surface area (Å²) in [5, 5.41) is -0.585. The minimum absolute atomic E-state index is 0.00273. The van der Waals surface area contributed by atoms with Gasteiger partial charge < -0.3 is 5.73 Å². The van der Waals surface area contributed by atoms with Gasteiger partial charge in [-0.05, 0) is 38.5 Å². The van der Waals surface area contributed by atoms with E-state index in [4.69, 9.17) is 5.73 Å². The van der Waals surface area contributed by atoms with E-state index >= 15 is 0 Å². The highest BCUT2D eigenvalue weighted by Crippen LogP contribution is 2.21. The van der Waals surface area contributed by atoms with Crippen molar-refractivity contribution in [1.82, 2.24) is 0 Å². The summed E-state index contributed by atoms with van der Waals surface area (Å²) in [7, 11) is -7.06. The molecular weight excluding hydrogens is 286 g/mol. The second-order valence-corrected chi connectivity index (χ2v) is 9.53. The Hall–Kier alpha value is -1.08. The van der Waals surface area contributed by atoms with E-state index in [9.17, 15) is 16.8 Å². The SMILES string of the molecule is Cc1ccc(S(=O)(=O)CCS(=O)(=O)C(C)C)c(N)c1. The molecule has 2 N–H and O–H groups in total. The fourth-order valence-corrected chi connectivity index (χ4v) is 4.71. The molecule has 0 fully saturated rings. The minimum Gasteiger partial charge on any atom is -0.398 e. The van der Waals surface area contributed by atoms with E-state index < -0.39 is 30.7 Å². The molecule has 1 rings (SSSR count). The van der Waals surface area contributed by atoms with Crippen LogP contribution < -0.4 is 5.73 Å². The quantitative estimate of drug-likeness (QED) is 0.824. The largest absolute Gasteiger partial charge is 0.398 e. The molecule has 0 unspecified atom stereocenters. The highest BCUT2D eigenvalue weighted by Gasteiger charge is 2.23. The van der Waals surface area contributed by atoms with Crippen molar-refractivity contribution < 1.29 is 16.8 Å². The Morgan fingerprint density at radius 1 is 1.11 bits per heavy atom. The maximum atomic E-state index is 12.1. The summed E-state index contributed by atoms with van der Waals surface area (Å²) in [5.74, 6) is -0.832. The third-order valence-electron chi connectivity index (χ3n) is 2.86. The average molecular weight is 305 g/mol. The standard InChI is InChI=1S/C12H19NO4S2/c1-9(2)18(14,15)6-7-19(16,17)12-5-4-10(3)8-11(12)13/h4-5,8-9H,6-7,13H2,1-3H3. The van der Waals surface area contributed by atoms with Gasteiger partial charge >= 0.3 is 0 Å². The molecule has 1 aromatic rings. The summed E-state index contributed by atoms with van der Waals surface area (Å²) in [6.45, 7) is 4.86. The highest BCUT2D eigenvalue weighted by atomic mass is 32.2. The Morgan fingerprint density at radius 2 is 1.68 bits per heavy atom. The van der Waals surface area contributed by atoms with Crippen LogP contribution in [0.4, 0.5) is 5.69 Å². The zero-order valence-electron chi connectivity index (χ0n) is 11.3. The van der Waals surface area contributed by atoms with Crippen molar-refractivity contribution in [2.75, 3.05) is 17.2 Å². The Morgan fingerprint density at radius 3 is 2.16 bits per heavy atom. The van der Waals surface area contributed by atoms with Crippen molar-refractivity contribution in [3.63, 3.8) is 0 Å². The smallest absolute Gasteiger partial charge is 0.181 e. The molecule has 0 aromatic heterocycles. The molecule has 0 radical (unpaired) electrons. The van der Waals surface area contributed by atoms with Crippen LogP contribution in [0.2, 0.25) is 0 Å². The van der Waals surface area contributed by atoms with Crippen LogP contribution in [-0.2, 0) is 19.7 Å². The van der Waals surface area contributed by atoms with Gasteiger partial charge in [0.05, 0.1) is 27.3 Å². The molecule has 19 heavy (non-hydrogen) atoms. The number of hydrogen-bond donors (Lipinski definition) is 1. The maximum absolute atomic E-state index is 12.1. The molecule has 7 heteroatoms. The number of aryl methyl sites for hydroxylation is 1.